The molecule has 0 fully saturated rings. The van der Waals surface area contributed by atoms with Gasteiger partial charge in [0, 0.05) is 13.7 Å². The van der Waals surface area contributed by atoms with Gasteiger partial charge in [-0.25, -0.2) is 0 Å². The van der Waals surface area contributed by atoms with Crippen LogP contribution in [0.15, 0.2) is 24.3 Å². The van der Waals surface area contributed by atoms with Crippen molar-refractivity contribution in [3.63, 3.8) is 0 Å². The van der Waals surface area contributed by atoms with Gasteiger partial charge < -0.3 is 19.1 Å². The number of carbonyl (C=O) groups excluding carboxylic acids is 2. The number of hydrogen-bond acceptors (Lipinski definition) is 5. The summed E-state index contributed by atoms with van der Waals surface area (Å²) >= 11 is 0. The Morgan fingerprint density at radius 3 is 2.80 bits per heavy atom. The maximum atomic E-state index is 12.4. The number of amides is 1. The Bertz CT molecular complexity index is 502. The monoisotopic (exact) mass is 279 g/mol. The molecular formula is C14H17NO5. The molecule has 1 atom stereocenters. The molecule has 6 nitrogen and oxygen atoms in total. The smallest absolute Gasteiger partial charge is 0.309 e. The molecule has 108 valence electrons. The molecule has 2 rings (SSSR count). The van der Waals surface area contributed by atoms with Gasteiger partial charge in [0.2, 0.25) is 0 Å². The van der Waals surface area contributed by atoms with Crippen LogP contribution in [0.5, 0.6) is 5.75 Å². The second kappa shape index (κ2) is 6.38. The van der Waals surface area contributed by atoms with Crippen LogP contribution in [-0.4, -0.2) is 45.4 Å². The van der Waals surface area contributed by atoms with Crippen molar-refractivity contribution in [1.29, 1.82) is 0 Å². The summed E-state index contributed by atoms with van der Waals surface area (Å²) in [5, 5.41) is 0. The zero-order valence-corrected chi connectivity index (χ0v) is 11.5. The predicted molar refractivity (Wildman–Crippen MR) is 71.7 cm³/mol. The van der Waals surface area contributed by atoms with Crippen LogP contribution in [0.1, 0.15) is 6.42 Å². The number of para-hydroxylation sites is 2. The van der Waals surface area contributed by atoms with E-state index in [9.17, 15) is 9.59 Å². The fourth-order valence-electron chi connectivity index (χ4n) is 2.05. The summed E-state index contributed by atoms with van der Waals surface area (Å²) in [5.41, 5.74) is 0.690. The van der Waals surface area contributed by atoms with Gasteiger partial charge in [0.05, 0.1) is 25.8 Å². The average molecular weight is 279 g/mol. The highest BCUT2D eigenvalue weighted by Gasteiger charge is 2.35. The van der Waals surface area contributed by atoms with Crippen LogP contribution < -0.4 is 9.64 Å². The number of esters is 1. The lowest BCUT2D eigenvalue weighted by Crippen LogP contribution is -2.48. The first-order valence-corrected chi connectivity index (χ1v) is 6.30. The van der Waals surface area contributed by atoms with Gasteiger partial charge >= 0.3 is 5.97 Å². The Labute approximate surface area is 117 Å². The zero-order chi connectivity index (χ0) is 14.5. The number of benzene rings is 1. The minimum Gasteiger partial charge on any atom is -0.478 e. The van der Waals surface area contributed by atoms with Gasteiger partial charge in [-0.1, -0.05) is 12.1 Å². The van der Waals surface area contributed by atoms with E-state index in [-0.39, 0.29) is 12.3 Å². The number of fused-ring (bicyclic) bond motifs is 1. The zero-order valence-electron chi connectivity index (χ0n) is 11.5. The number of hydrogen-bond donors (Lipinski definition) is 0. The molecule has 1 amide bonds. The quantitative estimate of drug-likeness (QED) is 0.752. The van der Waals surface area contributed by atoms with Crippen LogP contribution in [0.3, 0.4) is 0 Å². The van der Waals surface area contributed by atoms with E-state index in [1.165, 1.54) is 7.11 Å². The van der Waals surface area contributed by atoms with E-state index in [0.29, 0.717) is 24.6 Å². The molecule has 1 aromatic carbocycles. The summed E-state index contributed by atoms with van der Waals surface area (Å²) in [6, 6.07) is 7.22. The van der Waals surface area contributed by atoms with Gasteiger partial charge in [-0.15, -0.1) is 0 Å². The van der Waals surface area contributed by atoms with Crippen molar-refractivity contribution in [3.8, 4) is 5.75 Å². The molecule has 0 saturated heterocycles. The van der Waals surface area contributed by atoms with Crippen molar-refractivity contribution in [2.75, 3.05) is 32.3 Å². The Morgan fingerprint density at radius 2 is 2.10 bits per heavy atom. The lowest BCUT2D eigenvalue weighted by Gasteiger charge is -2.33. The van der Waals surface area contributed by atoms with E-state index >= 15 is 0 Å². The standard InChI is InChI=1S/C14H17NO5/c1-18-8-7-15-10-5-3-4-6-11(10)20-12(14(15)17)9-13(16)19-2/h3-6,12H,7-9H2,1-2H3. The molecule has 0 radical (unpaired) electrons. The first-order chi connectivity index (χ1) is 9.67. The Balaban J connectivity index is 2.25. The van der Waals surface area contributed by atoms with Crippen molar-refractivity contribution < 1.29 is 23.8 Å². The van der Waals surface area contributed by atoms with E-state index in [1.54, 1.807) is 24.1 Å². The molecule has 20 heavy (non-hydrogen) atoms. The van der Waals surface area contributed by atoms with Crippen LogP contribution >= 0.6 is 0 Å². The Morgan fingerprint density at radius 1 is 1.35 bits per heavy atom. The first-order valence-electron chi connectivity index (χ1n) is 6.30. The van der Waals surface area contributed by atoms with Crippen molar-refractivity contribution in [2.45, 2.75) is 12.5 Å². The summed E-state index contributed by atoms with van der Waals surface area (Å²) < 4.78 is 15.2. The van der Waals surface area contributed by atoms with Crippen LogP contribution in [0.2, 0.25) is 0 Å². The van der Waals surface area contributed by atoms with Crippen molar-refractivity contribution >= 4 is 17.6 Å². The van der Waals surface area contributed by atoms with Crippen LogP contribution in [0.4, 0.5) is 5.69 Å². The molecule has 1 aliphatic heterocycles. The number of methoxy groups -OCH3 is 2. The molecule has 0 N–H and O–H groups in total. The predicted octanol–water partition coefficient (Wildman–Crippen LogP) is 0.990. The number of nitrogens with zero attached hydrogens (tertiary/aromatic N) is 1. The van der Waals surface area contributed by atoms with Crippen molar-refractivity contribution in [2.24, 2.45) is 0 Å². The highest BCUT2D eigenvalue weighted by molar-refractivity contribution is 6.01. The van der Waals surface area contributed by atoms with Crippen LogP contribution in [0.25, 0.3) is 0 Å². The molecule has 1 heterocycles. The largest absolute Gasteiger partial charge is 0.478 e. The molecule has 6 heteroatoms. The number of anilines is 1. The van der Waals surface area contributed by atoms with E-state index in [0.717, 1.165) is 0 Å². The lowest BCUT2D eigenvalue weighted by molar-refractivity contribution is -0.145. The third-order valence-electron chi connectivity index (χ3n) is 3.07. The summed E-state index contributed by atoms with van der Waals surface area (Å²) in [5.74, 6) is -0.155. The molecule has 1 aromatic rings. The van der Waals surface area contributed by atoms with Crippen molar-refractivity contribution in [3.05, 3.63) is 24.3 Å². The number of ether oxygens (including phenoxy) is 3. The molecule has 0 aliphatic carbocycles. The summed E-state index contributed by atoms with van der Waals surface area (Å²) in [6.07, 6.45) is -0.957. The SMILES string of the molecule is COCCN1C(=O)C(CC(=O)OC)Oc2ccccc21. The summed E-state index contributed by atoms with van der Waals surface area (Å²) in [4.78, 5) is 25.3. The average Bonchev–Trinajstić information content (AvgIpc) is 2.47. The van der Waals surface area contributed by atoms with E-state index in [1.807, 2.05) is 12.1 Å². The number of rotatable bonds is 5. The second-order valence-electron chi connectivity index (χ2n) is 4.34. The third-order valence-corrected chi connectivity index (χ3v) is 3.07. The number of carbonyl (C=O) groups is 2. The maximum absolute atomic E-state index is 12.4. The van der Waals surface area contributed by atoms with Gasteiger partial charge in [-0.2, -0.15) is 0 Å². The Hall–Kier alpha value is -2.08. The van der Waals surface area contributed by atoms with Crippen LogP contribution in [-0.2, 0) is 19.1 Å². The Kier molecular flexibility index (Phi) is 4.57. The van der Waals surface area contributed by atoms with Gasteiger partial charge in [-0.3, -0.25) is 9.59 Å². The third kappa shape index (κ3) is 2.91. The molecule has 1 aliphatic rings. The molecule has 1 unspecified atom stereocenters. The lowest BCUT2D eigenvalue weighted by atomic mass is 10.1. The normalized spacial score (nSPS) is 17.4. The minimum atomic E-state index is -0.853. The fourth-order valence-corrected chi connectivity index (χ4v) is 2.05. The fraction of sp³-hybridized carbons (Fsp3) is 0.429. The van der Waals surface area contributed by atoms with Gasteiger partial charge in [-0.05, 0) is 12.1 Å². The molecule has 0 saturated carbocycles. The molecule has 0 spiro atoms. The molecule has 0 bridgehead atoms. The van der Waals surface area contributed by atoms with Crippen LogP contribution in [0, 0.1) is 0 Å². The molecule has 0 aromatic heterocycles. The minimum absolute atomic E-state index is 0.104. The molecular weight excluding hydrogens is 262 g/mol. The van der Waals surface area contributed by atoms with Gasteiger partial charge in [0.25, 0.3) is 5.91 Å². The van der Waals surface area contributed by atoms with E-state index in [4.69, 9.17) is 9.47 Å². The second-order valence-corrected chi connectivity index (χ2v) is 4.34. The van der Waals surface area contributed by atoms with E-state index in [2.05, 4.69) is 4.74 Å². The van der Waals surface area contributed by atoms with Gasteiger partial charge in [0.15, 0.2) is 6.10 Å². The summed E-state index contributed by atoms with van der Waals surface area (Å²) in [6.45, 7) is 0.818. The highest BCUT2D eigenvalue weighted by Crippen LogP contribution is 2.34. The maximum Gasteiger partial charge on any atom is 0.309 e. The summed E-state index contributed by atoms with van der Waals surface area (Å²) in [7, 11) is 2.86. The highest BCUT2D eigenvalue weighted by atomic mass is 16.5. The van der Waals surface area contributed by atoms with Gasteiger partial charge in [0.1, 0.15) is 5.75 Å². The first kappa shape index (κ1) is 14.3. The van der Waals surface area contributed by atoms with Crippen molar-refractivity contribution in [1.82, 2.24) is 0 Å². The topological polar surface area (TPSA) is 65.1 Å². The van der Waals surface area contributed by atoms with E-state index < -0.39 is 12.1 Å².